The van der Waals surface area contributed by atoms with Gasteiger partial charge in [-0.05, 0) is 47.3 Å². The number of oxime groups is 1. The lowest BCUT2D eigenvalue weighted by Gasteiger charge is -2.05. The highest BCUT2D eigenvalue weighted by atomic mass is 32.2. The van der Waals surface area contributed by atoms with Gasteiger partial charge in [0, 0.05) is 22.3 Å². The standard InChI is InChI=1S/C19H20NO3S2.BF4/c1-14(21)23-20-18(13-25(2)3)19(22)15-9-11-17(12-10-15)24-16-7-5-4-6-8-16;2-1(3,4)5/h4-12H,13H2,1-3H3;/q+1;-1. The number of carbonyl (C=O) groups excluding carboxylic acids is 2. The van der Waals surface area contributed by atoms with Crippen molar-refractivity contribution in [2.75, 3.05) is 18.3 Å². The first-order valence-corrected chi connectivity index (χ1v) is 11.5. The smallest absolute Gasteiger partial charge is 0.418 e. The summed E-state index contributed by atoms with van der Waals surface area (Å²) >= 11 is 1.63. The van der Waals surface area contributed by atoms with Crippen molar-refractivity contribution in [3.63, 3.8) is 0 Å². The summed E-state index contributed by atoms with van der Waals surface area (Å²) in [6.07, 6.45) is 4.02. The molecule has 30 heavy (non-hydrogen) atoms. The number of ketones is 1. The van der Waals surface area contributed by atoms with Crippen LogP contribution in [0, 0.1) is 0 Å². The average molecular weight is 461 g/mol. The van der Waals surface area contributed by atoms with Gasteiger partial charge in [0.1, 0.15) is 0 Å². The number of Topliss-reactive ketones (excluding diaryl/α,β-unsaturated/α-hetero) is 1. The van der Waals surface area contributed by atoms with Gasteiger partial charge in [-0.1, -0.05) is 35.1 Å². The zero-order chi connectivity index (χ0) is 22.7. The summed E-state index contributed by atoms with van der Waals surface area (Å²) in [5, 5.41) is 3.75. The summed E-state index contributed by atoms with van der Waals surface area (Å²) in [6, 6.07) is 17.4. The third-order valence-corrected chi connectivity index (χ3v) is 4.93. The first-order chi connectivity index (χ1) is 14.0. The zero-order valence-corrected chi connectivity index (χ0v) is 18.1. The maximum Gasteiger partial charge on any atom is 0.673 e. The van der Waals surface area contributed by atoms with Crippen LogP contribution >= 0.6 is 11.8 Å². The van der Waals surface area contributed by atoms with E-state index in [-0.39, 0.29) is 22.4 Å². The molecule has 2 aromatic rings. The molecule has 2 aromatic carbocycles. The molecule has 4 nitrogen and oxygen atoms in total. The Morgan fingerprint density at radius 3 is 1.93 bits per heavy atom. The van der Waals surface area contributed by atoms with Gasteiger partial charge in [0.15, 0.2) is 11.5 Å². The highest BCUT2D eigenvalue weighted by Gasteiger charge is 2.21. The van der Waals surface area contributed by atoms with Crippen molar-refractivity contribution in [1.29, 1.82) is 0 Å². The number of halogens is 4. The van der Waals surface area contributed by atoms with Gasteiger partial charge in [0.05, 0.1) is 12.5 Å². The SMILES string of the molecule is CC(=O)ON=C(C[S+](C)C)C(=O)c1ccc(Sc2ccccc2)cc1.F[B-](F)(F)F. The van der Waals surface area contributed by atoms with Crippen LogP contribution in [0.1, 0.15) is 17.3 Å². The highest BCUT2D eigenvalue weighted by molar-refractivity contribution is 7.99. The molecule has 2 rings (SSSR count). The fourth-order valence-corrected chi connectivity index (χ4v) is 3.56. The van der Waals surface area contributed by atoms with Crippen molar-refractivity contribution >= 4 is 47.4 Å². The molecule has 0 saturated carbocycles. The van der Waals surface area contributed by atoms with Crippen molar-refractivity contribution in [1.82, 2.24) is 0 Å². The van der Waals surface area contributed by atoms with Crippen LogP contribution in [0.4, 0.5) is 17.3 Å². The van der Waals surface area contributed by atoms with Crippen molar-refractivity contribution in [3.05, 3.63) is 60.2 Å². The van der Waals surface area contributed by atoms with Gasteiger partial charge in [0.25, 0.3) is 0 Å². The Hall–Kier alpha value is -2.27. The first-order valence-electron chi connectivity index (χ1n) is 8.49. The summed E-state index contributed by atoms with van der Waals surface area (Å²) in [7, 11) is -6.03. The predicted octanol–water partition coefficient (Wildman–Crippen LogP) is 5.12. The van der Waals surface area contributed by atoms with Crippen LogP contribution in [0.2, 0.25) is 0 Å². The molecule has 0 amide bonds. The maximum atomic E-state index is 12.6. The van der Waals surface area contributed by atoms with Crippen molar-refractivity contribution in [2.45, 2.75) is 16.7 Å². The molecule has 0 heterocycles. The van der Waals surface area contributed by atoms with E-state index in [1.54, 1.807) is 23.9 Å². The van der Waals surface area contributed by atoms with Gasteiger partial charge in [-0.3, -0.25) is 4.79 Å². The van der Waals surface area contributed by atoms with Gasteiger partial charge >= 0.3 is 13.2 Å². The molecule has 11 heteroatoms. The minimum atomic E-state index is -6.00. The molecule has 0 N–H and O–H groups in total. The van der Waals surface area contributed by atoms with E-state index < -0.39 is 13.2 Å². The second kappa shape index (κ2) is 12.4. The highest BCUT2D eigenvalue weighted by Crippen LogP contribution is 2.27. The summed E-state index contributed by atoms with van der Waals surface area (Å²) in [6.45, 7) is 1.26. The summed E-state index contributed by atoms with van der Waals surface area (Å²) < 4.78 is 39.0. The Bertz CT molecular complexity index is 854. The molecule has 0 aromatic heterocycles. The fraction of sp³-hybridized carbons (Fsp3) is 0.211. The average Bonchev–Trinajstić information content (AvgIpc) is 2.64. The molecule has 0 aliphatic heterocycles. The molecular weight excluding hydrogens is 441 g/mol. The molecule has 0 spiro atoms. The molecule has 0 aliphatic carbocycles. The lowest BCUT2D eigenvalue weighted by molar-refractivity contribution is -0.140. The number of carbonyl (C=O) groups is 2. The van der Waals surface area contributed by atoms with E-state index in [1.807, 2.05) is 55.0 Å². The Kier molecular flexibility index (Phi) is 10.7. The monoisotopic (exact) mass is 461 g/mol. The summed E-state index contributed by atoms with van der Waals surface area (Å²) in [5.41, 5.74) is 0.806. The lowest BCUT2D eigenvalue weighted by Crippen LogP contribution is -2.24. The predicted molar refractivity (Wildman–Crippen MR) is 115 cm³/mol. The van der Waals surface area contributed by atoms with Gasteiger partial charge < -0.3 is 22.1 Å². The van der Waals surface area contributed by atoms with Crippen LogP contribution in [0.15, 0.2) is 69.5 Å². The molecular formula is C19H20BF4NO3S2. The Morgan fingerprint density at radius 2 is 1.47 bits per heavy atom. The maximum absolute atomic E-state index is 12.6. The fourth-order valence-electron chi connectivity index (χ4n) is 1.99. The minimum absolute atomic E-state index is 0.0327. The van der Waals surface area contributed by atoms with E-state index in [9.17, 15) is 26.9 Å². The second-order valence-corrected chi connectivity index (χ2v) is 9.42. The van der Waals surface area contributed by atoms with Gasteiger partial charge in [0.2, 0.25) is 5.78 Å². The van der Waals surface area contributed by atoms with Gasteiger partial charge in [-0.2, -0.15) is 0 Å². The normalized spacial score (nSPS) is 11.5. The van der Waals surface area contributed by atoms with E-state index in [0.29, 0.717) is 11.3 Å². The summed E-state index contributed by atoms with van der Waals surface area (Å²) in [5.74, 6) is -0.266. The Labute approximate surface area is 179 Å². The minimum Gasteiger partial charge on any atom is -0.418 e. The lowest BCUT2D eigenvalue weighted by atomic mass is 10.1. The van der Waals surface area contributed by atoms with Crippen LogP contribution in [-0.4, -0.2) is 43.0 Å². The molecule has 0 aliphatic rings. The van der Waals surface area contributed by atoms with E-state index >= 15 is 0 Å². The number of benzene rings is 2. The van der Waals surface area contributed by atoms with Crippen LogP contribution in [-0.2, 0) is 20.5 Å². The Balaban J connectivity index is 0.000000804. The van der Waals surface area contributed by atoms with E-state index in [4.69, 9.17) is 0 Å². The third kappa shape index (κ3) is 11.7. The van der Waals surface area contributed by atoms with Gasteiger partial charge in [-0.15, -0.1) is 0 Å². The number of hydrogen-bond acceptors (Lipinski definition) is 5. The Morgan fingerprint density at radius 1 is 0.967 bits per heavy atom. The van der Waals surface area contributed by atoms with E-state index in [1.165, 1.54) is 6.92 Å². The van der Waals surface area contributed by atoms with Gasteiger partial charge in [-0.25, -0.2) is 4.79 Å². The molecule has 0 bridgehead atoms. The van der Waals surface area contributed by atoms with Crippen molar-refractivity contribution in [3.8, 4) is 0 Å². The number of rotatable bonds is 7. The quantitative estimate of drug-likeness (QED) is 0.109. The van der Waals surface area contributed by atoms with Crippen LogP contribution in [0.25, 0.3) is 0 Å². The van der Waals surface area contributed by atoms with Crippen LogP contribution in [0.3, 0.4) is 0 Å². The summed E-state index contributed by atoms with van der Waals surface area (Å²) in [4.78, 5) is 30.5. The first kappa shape index (κ1) is 25.8. The van der Waals surface area contributed by atoms with E-state index in [0.717, 1.165) is 9.79 Å². The topological polar surface area (TPSA) is 55.7 Å². The molecule has 0 atom stereocenters. The third-order valence-electron chi connectivity index (χ3n) is 3.07. The van der Waals surface area contributed by atoms with Crippen molar-refractivity contribution in [2.24, 2.45) is 5.16 Å². The zero-order valence-electron chi connectivity index (χ0n) is 16.5. The molecule has 0 unspecified atom stereocenters. The van der Waals surface area contributed by atoms with Crippen molar-refractivity contribution < 1.29 is 31.7 Å². The molecule has 0 saturated heterocycles. The largest absolute Gasteiger partial charge is 0.673 e. The van der Waals surface area contributed by atoms with Crippen LogP contribution < -0.4 is 0 Å². The molecule has 162 valence electrons. The molecule has 0 fully saturated rings. The number of hydrogen-bond donors (Lipinski definition) is 0. The van der Waals surface area contributed by atoms with Crippen LogP contribution in [0.5, 0.6) is 0 Å². The number of nitrogens with zero attached hydrogens (tertiary/aromatic N) is 1. The van der Waals surface area contributed by atoms with E-state index in [2.05, 4.69) is 9.99 Å². The molecule has 0 radical (unpaired) electrons. The second-order valence-electron chi connectivity index (χ2n) is 6.01.